The number of rotatable bonds is 7. The molecule has 1 saturated heterocycles. The van der Waals surface area contributed by atoms with Crippen molar-refractivity contribution >= 4 is 34.8 Å². The molecule has 214 valence electrons. The number of methoxy groups -OCH3 is 1. The van der Waals surface area contributed by atoms with Gasteiger partial charge in [-0.1, -0.05) is 35.3 Å². The number of nitrogens with zero attached hydrogens (tertiary/aromatic N) is 4. The number of imidazole rings is 1. The van der Waals surface area contributed by atoms with Gasteiger partial charge >= 0.3 is 0 Å². The molecule has 0 radical (unpaired) electrons. The molecular weight excluding hydrogens is 566 g/mol. The molecular formula is C31H31Cl2FN4O3. The molecule has 0 spiro atoms. The lowest BCUT2D eigenvalue weighted by atomic mass is 10.0. The van der Waals surface area contributed by atoms with Crippen molar-refractivity contribution in [2.75, 3.05) is 33.9 Å². The van der Waals surface area contributed by atoms with Gasteiger partial charge in [-0.05, 0) is 81.7 Å². The normalized spacial score (nSPS) is 18.5. The Balaban J connectivity index is 1.49. The summed E-state index contributed by atoms with van der Waals surface area (Å²) in [7, 11) is 3.70. The number of halogens is 3. The molecule has 4 heterocycles. The van der Waals surface area contributed by atoms with Gasteiger partial charge in [0.15, 0.2) is 11.6 Å². The van der Waals surface area contributed by atoms with Gasteiger partial charge in [0.2, 0.25) is 0 Å². The second kappa shape index (κ2) is 11.2. The Hall–Kier alpha value is -3.33. The zero-order valence-electron chi connectivity index (χ0n) is 23.2. The molecule has 41 heavy (non-hydrogen) atoms. The third-order valence-electron chi connectivity index (χ3n) is 8.29. The van der Waals surface area contributed by atoms with Crippen LogP contribution in [0.25, 0.3) is 16.9 Å². The molecule has 1 fully saturated rings. The minimum atomic E-state index is -0.381. The third kappa shape index (κ3) is 4.92. The predicted octanol–water partition coefficient (Wildman–Crippen LogP) is 6.82. The first-order valence-electron chi connectivity index (χ1n) is 13.7. The van der Waals surface area contributed by atoms with Crippen molar-refractivity contribution in [1.82, 2.24) is 19.2 Å². The van der Waals surface area contributed by atoms with Gasteiger partial charge in [0, 0.05) is 23.7 Å². The van der Waals surface area contributed by atoms with Crippen LogP contribution in [0.1, 0.15) is 46.9 Å². The summed E-state index contributed by atoms with van der Waals surface area (Å²) in [6.07, 6.45) is 3.03. The number of carbonyl (C=O) groups excluding carboxylic acids is 1. The highest BCUT2D eigenvalue weighted by molar-refractivity contribution is 6.43. The molecule has 4 aromatic rings. The number of hydrogen-bond acceptors (Lipinski definition) is 5. The van der Waals surface area contributed by atoms with Crippen LogP contribution in [0.15, 0.2) is 48.5 Å². The first kappa shape index (κ1) is 27.8. The van der Waals surface area contributed by atoms with Crippen LogP contribution in [-0.4, -0.2) is 65.0 Å². The molecule has 0 bridgehead atoms. The standard InChI is InChI=1S/C31H31Cl2FN4O3/c1-18-16-19(9-12-23(18)34)29-28(35-25-7-4-8-26(40-3)38(25)29)31(39)37(15-13-20-6-5-14-36(20)2)24-17-41-30-21(24)10-11-22(32)27(30)33/h4,7-12,16,20,24H,5-6,13-15,17H2,1-3H3/t20-,24?/m1/s1. The first-order chi connectivity index (χ1) is 19.8. The topological polar surface area (TPSA) is 59.3 Å². The van der Waals surface area contributed by atoms with Gasteiger partial charge < -0.3 is 19.3 Å². The van der Waals surface area contributed by atoms with E-state index in [2.05, 4.69) is 11.9 Å². The molecule has 0 N–H and O–H groups in total. The zero-order chi connectivity index (χ0) is 28.8. The number of benzene rings is 2. The van der Waals surface area contributed by atoms with Crippen molar-refractivity contribution in [3.8, 4) is 22.9 Å². The second-order valence-corrected chi connectivity index (χ2v) is 11.5. The van der Waals surface area contributed by atoms with Gasteiger partial charge in [-0.2, -0.15) is 0 Å². The minimum Gasteiger partial charge on any atom is -0.489 e. The summed E-state index contributed by atoms with van der Waals surface area (Å²) in [6.45, 7) is 3.49. The largest absolute Gasteiger partial charge is 0.489 e. The van der Waals surface area contributed by atoms with Crippen LogP contribution in [0.4, 0.5) is 4.39 Å². The van der Waals surface area contributed by atoms with E-state index in [1.165, 1.54) is 6.07 Å². The molecule has 2 aromatic heterocycles. The Labute approximate surface area is 248 Å². The number of likely N-dealkylation sites (tertiary alicyclic amines) is 1. The minimum absolute atomic E-state index is 0.249. The van der Waals surface area contributed by atoms with Crippen LogP contribution >= 0.6 is 23.2 Å². The van der Waals surface area contributed by atoms with Crippen molar-refractivity contribution < 1.29 is 18.7 Å². The van der Waals surface area contributed by atoms with Crippen molar-refractivity contribution in [3.63, 3.8) is 0 Å². The number of ether oxygens (including phenoxy) is 2. The highest BCUT2D eigenvalue weighted by atomic mass is 35.5. The number of fused-ring (bicyclic) bond motifs is 2. The lowest BCUT2D eigenvalue weighted by molar-refractivity contribution is 0.0626. The SMILES string of the molecule is COc1cccc2nc(C(=O)N(CC[C@H]3CCCN3C)C3COc4c3ccc(Cl)c4Cl)c(-c3ccc(F)c(C)c3)n12. The summed E-state index contributed by atoms with van der Waals surface area (Å²) in [5, 5.41) is 0.743. The Morgan fingerprint density at radius 1 is 1.22 bits per heavy atom. The van der Waals surface area contributed by atoms with E-state index in [-0.39, 0.29) is 30.1 Å². The number of hydrogen-bond donors (Lipinski definition) is 0. The van der Waals surface area contributed by atoms with E-state index in [4.69, 9.17) is 37.7 Å². The van der Waals surface area contributed by atoms with Crippen LogP contribution in [0.2, 0.25) is 10.0 Å². The van der Waals surface area contributed by atoms with Crippen LogP contribution < -0.4 is 9.47 Å². The van der Waals surface area contributed by atoms with E-state index >= 15 is 0 Å². The molecule has 7 nitrogen and oxygen atoms in total. The van der Waals surface area contributed by atoms with Gasteiger partial charge in [0.05, 0.1) is 23.9 Å². The first-order valence-corrected chi connectivity index (χ1v) is 14.5. The number of amides is 1. The van der Waals surface area contributed by atoms with E-state index in [9.17, 15) is 9.18 Å². The number of aryl methyl sites for hydroxylation is 1. The van der Waals surface area contributed by atoms with Crippen LogP contribution in [-0.2, 0) is 0 Å². The van der Waals surface area contributed by atoms with Gasteiger partial charge in [-0.25, -0.2) is 9.37 Å². The molecule has 10 heteroatoms. The number of carbonyl (C=O) groups is 1. The fraction of sp³-hybridized carbons (Fsp3) is 0.355. The fourth-order valence-electron chi connectivity index (χ4n) is 6.06. The molecule has 1 unspecified atom stereocenters. The van der Waals surface area contributed by atoms with Crippen LogP contribution in [0.3, 0.4) is 0 Å². The molecule has 2 aliphatic rings. The number of aromatic nitrogens is 2. The zero-order valence-corrected chi connectivity index (χ0v) is 24.7. The average Bonchev–Trinajstić information content (AvgIpc) is 3.69. The summed E-state index contributed by atoms with van der Waals surface area (Å²) in [4.78, 5) is 23.7. The summed E-state index contributed by atoms with van der Waals surface area (Å²) < 4.78 is 27.8. The van der Waals surface area contributed by atoms with Gasteiger partial charge in [0.25, 0.3) is 5.91 Å². The number of pyridine rings is 1. The van der Waals surface area contributed by atoms with Crippen molar-refractivity contribution in [2.24, 2.45) is 0 Å². The molecule has 0 saturated carbocycles. The Bertz CT molecular complexity index is 1640. The summed E-state index contributed by atoms with van der Waals surface area (Å²) >= 11 is 12.8. The molecule has 1 amide bonds. The van der Waals surface area contributed by atoms with E-state index in [1.807, 2.05) is 29.2 Å². The molecule has 2 aliphatic heterocycles. The van der Waals surface area contributed by atoms with Crippen molar-refractivity contribution in [1.29, 1.82) is 0 Å². The maximum Gasteiger partial charge on any atom is 0.275 e. The van der Waals surface area contributed by atoms with E-state index in [1.54, 1.807) is 36.6 Å². The highest BCUT2D eigenvalue weighted by Crippen LogP contribution is 2.45. The van der Waals surface area contributed by atoms with E-state index < -0.39 is 0 Å². The third-order valence-corrected chi connectivity index (χ3v) is 9.07. The van der Waals surface area contributed by atoms with Crippen molar-refractivity contribution in [3.05, 3.63) is 81.2 Å². The molecule has 2 atom stereocenters. The second-order valence-electron chi connectivity index (χ2n) is 10.7. The Morgan fingerprint density at radius 3 is 2.78 bits per heavy atom. The summed E-state index contributed by atoms with van der Waals surface area (Å²) in [6, 6.07) is 13.9. The summed E-state index contributed by atoms with van der Waals surface area (Å²) in [5.41, 5.74) is 3.30. The maximum absolute atomic E-state index is 14.7. The highest BCUT2D eigenvalue weighted by Gasteiger charge is 2.38. The Morgan fingerprint density at radius 2 is 2.05 bits per heavy atom. The average molecular weight is 598 g/mol. The van der Waals surface area contributed by atoms with Gasteiger partial charge in [-0.3, -0.25) is 9.20 Å². The Kier molecular flexibility index (Phi) is 7.57. The summed E-state index contributed by atoms with van der Waals surface area (Å²) in [5.74, 6) is 0.452. The van der Waals surface area contributed by atoms with E-state index in [0.717, 1.165) is 31.4 Å². The van der Waals surface area contributed by atoms with E-state index in [0.29, 0.717) is 56.7 Å². The smallest absolute Gasteiger partial charge is 0.275 e. The quantitative estimate of drug-likeness (QED) is 0.234. The molecule has 2 aromatic carbocycles. The monoisotopic (exact) mass is 596 g/mol. The lowest BCUT2D eigenvalue weighted by Crippen LogP contribution is -2.39. The van der Waals surface area contributed by atoms with Crippen LogP contribution in [0, 0.1) is 12.7 Å². The van der Waals surface area contributed by atoms with Crippen molar-refractivity contribution in [2.45, 2.75) is 38.3 Å². The van der Waals surface area contributed by atoms with Gasteiger partial charge in [-0.15, -0.1) is 0 Å². The molecule has 0 aliphatic carbocycles. The maximum atomic E-state index is 14.7. The lowest BCUT2D eigenvalue weighted by Gasteiger charge is -2.30. The van der Waals surface area contributed by atoms with Crippen LogP contribution in [0.5, 0.6) is 11.6 Å². The fourth-order valence-corrected chi connectivity index (χ4v) is 6.44. The van der Waals surface area contributed by atoms with Gasteiger partial charge in [0.1, 0.15) is 28.8 Å². The predicted molar refractivity (Wildman–Crippen MR) is 158 cm³/mol. The molecule has 6 rings (SSSR count).